The fraction of sp³-hybridized carbons (Fsp3) is 0.672. The smallest absolute Gasteiger partial charge is 0.306 e. The van der Waals surface area contributed by atoms with Crippen LogP contribution in [0.3, 0.4) is 0 Å². The highest BCUT2D eigenvalue weighted by molar-refractivity contribution is 5.71. The highest BCUT2D eigenvalue weighted by atomic mass is 16.6. The van der Waals surface area contributed by atoms with Crippen molar-refractivity contribution in [1.82, 2.24) is 0 Å². The topological polar surface area (TPSA) is 78.9 Å². The van der Waals surface area contributed by atoms with Gasteiger partial charge in [-0.3, -0.25) is 14.4 Å². The molecule has 0 rings (SSSR count). The van der Waals surface area contributed by atoms with Crippen LogP contribution in [0.5, 0.6) is 0 Å². The molecule has 6 heteroatoms. The minimum absolute atomic E-state index is 0.0982. The zero-order valence-corrected chi connectivity index (χ0v) is 45.5. The second kappa shape index (κ2) is 57.6. The van der Waals surface area contributed by atoms with Crippen molar-refractivity contribution in [2.24, 2.45) is 0 Å². The first-order valence-corrected chi connectivity index (χ1v) is 28.9. The van der Waals surface area contributed by atoms with Gasteiger partial charge < -0.3 is 14.2 Å². The first kappa shape index (κ1) is 66.1. The number of hydrogen-bond donors (Lipinski definition) is 0. The van der Waals surface area contributed by atoms with Gasteiger partial charge in [0.1, 0.15) is 13.2 Å². The summed E-state index contributed by atoms with van der Waals surface area (Å²) in [5, 5.41) is 0. The van der Waals surface area contributed by atoms with Gasteiger partial charge in [0.2, 0.25) is 0 Å². The second-order valence-corrected chi connectivity index (χ2v) is 18.9. The van der Waals surface area contributed by atoms with Crippen molar-refractivity contribution in [1.29, 1.82) is 0 Å². The molecule has 0 aromatic rings. The maximum atomic E-state index is 12.9. The minimum Gasteiger partial charge on any atom is -0.462 e. The van der Waals surface area contributed by atoms with E-state index < -0.39 is 6.10 Å². The Hall–Kier alpha value is -3.93. The Kier molecular flexibility index (Phi) is 54.4. The fourth-order valence-corrected chi connectivity index (χ4v) is 7.79. The number of allylic oxidation sites excluding steroid dienone is 18. The van der Waals surface area contributed by atoms with E-state index in [4.69, 9.17) is 14.2 Å². The van der Waals surface area contributed by atoms with Gasteiger partial charge in [-0.05, 0) is 103 Å². The Morgan fingerprint density at radius 2 is 0.629 bits per heavy atom. The molecule has 0 saturated carbocycles. The van der Waals surface area contributed by atoms with Gasteiger partial charge in [0.15, 0.2) is 6.10 Å². The Bertz CT molecular complexity index is 1440. The van der Waals surface area contributed by atoms with E-state index in [0.717, 1.165) is 135 Å². The van der Waals surface area contributed by atoms with Crippen molar-refractivity contribution in [2.45, 2.75) is 264 Å². The fourth-order valence-electron chi connectivity index (χ4n) is 7.79. The molecule has 0 aliphatic carbocycles. The average Bonchev–Trinajstić information content (AvgIpc) is 3.36. The molecule has 1 atom stereocenters. The highest BCUT2D eigenvalue weighted by Gasteiger charge is 2.19. The highest BCUT2D eigenvalue weighted by Crippen LogP contribution is 2.15. The van der Waals surface area contributed by atoms with Gasteiger partial charge in [-0.25, -0.2) is 0 Å². The molecule has 398 valence electrons. The van der Waals surface area contributed by atoms with Crippen LogP contribution in [0.15, 0.2) is 109 Å². The maximum Gasteiger partial charge on any atom is 0.306 e. The van der Waals surface area contributed by atoms with E-state index in [1.54, 1.807) is 0 Å². The Labute approximate surface area is 431 Å². The third-order valence-electron chi connectivity index (χ3n) is 12.1. The monoisotopic (exact) mass is 971 g/mol. The van der Waals surface area contributed by atoms with Gasteiger partial charge in [-0.15, -0.1) is 0 Å². The average molecular weight is 972 g/mol. The van der Waals surface area contributed by atoms with E-state index in [9.17, 15) is 14.4 Å². The molecule has 0 radical (unpaired) electrons. The molecular formula is C64H106O6. The lowest BCUT2D eigenvalue weighted by Gasteiger charge is -2.18. The van der Waals surface area contributed by atoms with Crippen LogP contribution in [0.1, 0.15) is 258 Å². The normalized spacial score (nSPS) is 12.9. The summed E-state index contributed by atoms with van der Waals surface area (Å²) < 4.78 is 16.8. The molecule has 70 heavy (non-hydrogen) atoms. The molecule has 0 heterocycles. The van der Waals surface area contributed by atoms with Gasteiger partial charge in [0.05, 0.1) is 0 Å². The summed E-state index contributed by atoms with van der Waals surface area (Å²) in [4.78, 5) is 38.2. The zero-order chi connectivity index (χ0) is 50.7. The van der Waals surface area contributed by atoms with Crippen LogP contribution in [0.4, 0.5) is 0 Å². The molecule has 0 N–H and O–H groups in total. The third kappa shape index (κ3) is 55.0. The van der Waals surface area contributed by atoms with Crippen LogP contribution in [-0.2, 0) is 28.6 Å². The Balaban J connectivity index is 4.46. The molecule has 0 bridgehead atoms. The van der Waals surface area contributed by atoms with Crippen molar-refractivity contribution < 1.29 is 28.6 Å². The Morgan fingerprint density at radius 3 is 1.06 bits per heavy atom. The molecule has 0 aliphatic rings. The number of esters is 3. The molecular weight excluding hydrogens is 865 g/mol. The van der Waals surface area contributed by atoms with Crippen LogP contribution in [0.2, 0.25) is 0 Å². The van der Waals surface area contributed by atoms with E-state index in [2.05, 4.69) is 112 Å². The SMILES string of the molecule is CC\C=C/C=C\C=C/C=C\CCCCCCCC(=O)OCC(COC(=O)CCCCCCCC/C=C\C/C=C\C/C=C\C/C=C\CC)OC(=O)CCCCCCC/C=C\CCCCCCCCCCC. The van der Waals surface area contributed by atoms with E-state index >= 15 is 0 Å². The van der Waals surface area contributed by atoms with Crippen LogP contribution in [-0.4, -0.2) is 37.2 Å². The summed E-state index contributed by atoms with van der Waals surface area (Å²) in [6, 6.07) is 0. The summed E-state index contributed by atoms with van der Waals surface area (Å²) >= 11 is 0. The summed E-state index contributed by atoms with van der Waals surface area (Å²) in [7, 11) is 0. The van der Waals surface area contributed by atoms with Gasteiger partial charge in [0, 0.05) is 19.3 Å². The lowest BCUT2D eigenvalue weighted by atomic mass is 10.1. The van der Waals surface area contributed by atoms with Crippen LogP contribution < -0.4 is 0 Å². The minimum atomic E-state index is -0.801. The number of carbonyl (C=O) groups is 3. The molecule has 0 fully saturated rings. The molecule has 0 aromatic heterocycles. The van der Waals surface area contributed by atoms with Gasteiger partial charge in [0.25, 0.3) is 0 Å². The largest absolute Gasteiger partial charge is 0.462 e. The van der Waals surface area contributed by atoms with E-state index in [0.29, 0.717) is 19.3 Å². The number of carbonyl (C=O) groups excluding carboxylic acids is 3. The van der Waals surface area contributed by atoms with E-state index in [1.807, 2.05) is 18.2 Å². The number of rotatable bonds is 51. The summed E-state index contributed by atoms with van der Waals surface area (Å²) in [6.45, 7) is 6.36. The van der Waals surface area contributed by atoms with E-state index in [1.165, 1.54) is 83.5 Å². The predicted octanol–water partition coefficient (Wildman–Crippen LogP) is 19.5. The van der Waals surface area contributed by atoms with Crippen LogP contribution in [0.25, 0.3) is 0 Å². The summed E-state index contributed by atoms with van der Waals surface area (Å²) in [5.41, 5.74) is 0. The van der Waals surface area contributed by atoms with Gasteiger partial charge >= 0.3 is 17.9 Å². The number of unbranched alkanes of at least 4 members (excludes halogenated alkanes) is 25. The van der Waals surface area contributed by atoms with Crippen molar-refractivity contribution >= 4 is 17.9 Å². The van der Waals surface area contributed by atoms with Crippen LogP contribution >= 0.6 is 0 Å². The molecule has 1 unspecified atom stereocenters. The van der Waals surface area contributed by atoms with Crippen molar-refractivity contribution in [3.8, 4) is 0 Å². The molecule has 6 nitrogen and oxygen atoms in total. The second-order valence-electron chi connectivity index (χ2n) is 18.9. The summed E-state index contributed by atoms with van der Waals surface area (Å²) in [6.07, 6.45) is 77.9. The predicted molar refractivity (Wildman–Crippen MR) is 302 cm³/mol. The standard InChI is InChI=1S/C64H106O6/c1-4-7-10-13-16-19-22-25-28-30-32-34-36-39-42-45-48-51-54-57-63(66)69-60-61(59-68-62(65)56-53-50-47-44-41-38-35-27-24-21-18-15-12-9-6-3)70-64(67)58-55-52-49-46-43-40-37-33-31-29-26-23-20-17-14-11-8-5-2/h7,9-10,12,15-16,18-19,21,24-25,27-28,32-35,37,61H,4-6,8,11,13-14,17,20,22-23,26,29-31,36,38-60H2,1-3H3/b10-7-,12-9-,18-15-,19-16-,24-21-,28-25-,34-32-,35-27-,37-33-. The van der Waals surface area contributed by atoms with Gasteiger partial charge in [-0.2, -0.15) is 0 Å². The molecule has 0 amide bonds. The lowest BCUT2D eigenvalue weighted by Crippen LogP contribution is -2.30. The quantitative estimate of drug-likeness (QED) is 0.0199. The van der Waals surface area contributed by atoms with Crippen molar-refractivity contribution in [3.05, 3.63) is 109 Å². The lowest BCUT2D eigenvalue weighted by molar-refractivity contribution is -0.167. The molecule has 0 saturated heterocycles. The first-order chi connectivity index (χ1) is 34.5. The van der Waals surface area contributed by atoms with Crippen molar-refractivity contribution in [3.63, 3.8) is 0 Å². The maximum absolute atomic E-state index is 12.9. The molecule has 0 spiro atoms. The van der Waals surface area contributed by atoms with Crippen LogP contribution in [0, 0.1) is 0 Å². The molecule has 0 aliphatic heterocycles. The van der Waals surface area contributed by atoms with Gasteiger partial charge in [-0.1, -0.05) is 246 Å². The Morgan fingerprint density at radius 1 is 0.314 bits per heavy atom. The van der Waals surface area contributed by atoms with E-state index in [-0.39, 0.29) is 31.1 Å². The third-order valence-corrected chi connectivity index (χ3v) is 12.1. The summed E-state index contributed by atoms with van der Waals surface area (Å²) in [5.74, 6) is -0.941. The number of hydrogen-bond acceptors (Lipinski definition) is 6. The zero-order valence-electron chi connectivity index (χ0n) is 45.5. The molecule has 0 aromatic carbocycles. The first-order valence-electron chi connectivity index (χ1n) is 28.9. The number of ether oxygens (including phenoxy) is 3. The van der Waals surface area contributed by atoms with Crippen molar-refractivity contribution in [2.75, 3.05) is 13.2 Å².